The molecule has 5 heteroatoms. The maximum absolute atomic E-state index is 13.5. The van der Waals surface area contributed by atoms with Crippen molar-refractivity contribution in [3.05, 3.63) is 70.9 Å². The molecule has 0 spiro atoms. The summed E-state index contributed by atoms with van der Waals surface area (Å²) in [6.45, 7) is 0.951. The van der Waals surface area contributed by atoms with Crippen LogP contribution < -0.4 is 9.47 Å². The van der Waals surface area contributed by atoms with Crippen LogP contribution >= 0.6 is 0 Å². The molecule has 3 aliphatic rings. The van der Waals surface area contributed by atoms with Crippen molar-refractivity contribution in [3.8, 4) is 11.5 Å². The number of rotatable bonds is 2. The normalized spacial score (nSPS) is 20.1. The van der Waals surface area contributed by atoms with Crippen LogP contribution in [-0.4, -0.2) is 29.1 Å². The largest absolute Gasteiger partial charge is 0.454 e. The molecular weight excluding hydrogens is 388 g/mol. The topological polar surface area (TPSA) is 54.6 Å². The molecule has 5 nitrogen and oxygen atoms in total. The second-order valence-corrected chi connectivity index (χ2v) is 8.72. The Kier molecular flexibility index (Phi) is 4.48. The van der Waals surface area contributed by atoms with Crippen LogP contribution in [0.15, 0.2) is 54.1 Å². The number of fused-ring (bicyclic) bond motifs is 4. The molecule has 31 heavy (non-hydrogen) atoms. The summed E-state index contributed by atoms with van der Waals surface area (Å²) in [5.41, 5.74) is 5.89. The minimum Gasteiger partial charge on any atom is -0.454 e. The average molecular weight is 415 g/mol. The van der Waals surface area contributed by atoms with Crippen molar-refractivity contribution in [2.75, 3.05) is 13.3 Å². The van der Waals surface area contributed by atoms with Crippen LogP contribution in [0.3, 0.4) is 0 Å². The van der Waals surface area contributed by atoms with Crippen LogP contribution in [-0.2, 0) is 11.2 Å². The van der Waals surface area contributed by atoms with Crippen molar-refractivity contribution in [2.45, 2.75) is 44.6 Å². The van der Waals surface area contributed by atoms with Gasteiger partial charge in [-0.25, -0.2) is 0 Å². The molecule has 158 valence electrons. The fourth-order valence-corrected chi connectivity index (χ4v) is 5.32. The SMILES string of the molecule is O=C(C=C1CCCCC1)N1CCc2c([nH]c3ccccc23)[C@H]1c1ccc2c(c1)OCO2. The molecule has 0 unspecified atom stereocenters. The smallest absolute Gasteiger partial charge is 0.247 e. The Morgan fingerprint density at radius 1 is 1.00 bits per heavy atom. The number of H-pyrrole nitrogens is 1. The van der Waals surface area contributed by atoms with Gasteiger partial charge in [0.15, 0.2) is 11.5 Å². The summed E-state index contributed by atoms with van der Waals surface area (Å²) in [7, 11) is 0. The fourth-order valence-electron chi connectivity index (χ4n) is 5.32. The molecule has 0 radical (unpaired) electrons. The third-order valence-electron chi connectivity index (χ3n) is 6.85. The number of para-hydroxylation sites is 1. The van der Waals surface area contributed by atoms with Crippen LogP contribution in [0.5, 0.6) is 11.5 Å². The molecule has 2 aromatic carbocycles. The maximum Gasteiger partial charge on any atom is 0.247 e. The Bertz CT molecular complexity index is 1180. The van der Waals surface area contributed by atoms with Gasteiger partial charge in [0.2, 0.25) is 12.7 Å². The molecular formula is C26H26N2O3. The van der Waals surface area contributed by atoms with Gasteiger partial charge in [0.25, 0.3) is 0 Å². The summed E-state index contributed by atoms with van der Waals surface area (Å²) in [5.74, 6) is 1.63. The minimum atomic E-state index is -0.168. The van der Waals surface area contributed by atoms with E-state index in [-0.39, 0.29) is 18.7 Å². The monoisotopic (exact) mass is 414 g/mol. The first kappa shape index (κ1) is 18.6. The van der Waals surface area contributed by atoms with Gasteiger partial charge < -0.3 is 19.4 Å². The van der Waals surface area contributed by atoms with Crippen LogP contribution in [0.2, 0.25) is 0 Å². The van der Waals surface area contributed by atoms with Gasteiger partial charge in [-0.1, -0.05) is 36.3 Å². The lowest BCUT2D eigenvalue weighted by molar-refractivity contribution is -0.128. The van der Waals surface area contributed by atoms with Gasteiger partial charge in [-0.05, 0) is 61.4 Å². The van der Waals surface area contributed by atoms with Crippen LogP contribution in [0.25, 0.3) is 10.9 Å². The van der Waals surface area contributed by atoms with Gasteiger partial charge in [0.05, 0.1) is 6.04 Å². The van der Waals surface area contributed by atoms with Gasteiger partial charge >= 0.3 is 0 Å². The Morgan fingerprint density at radius 3 is 2.74 bits per heavy atom. The fraction of sp³-hybridized carbons (Fsp3) is 0.346. The second-order valence-electron chi connectivity index (χ2n) is 8.72. The number of aromatic amines is 1. The van der Waals surface area contributed by atoms with Crippen molar-refractivity contribution in [1.82, 2.24) is 9.88 Å². The van der Waals surface area contributed by atoms with E-state index < -0.39 is 0 Å². The summed E-state index contributed by atoms with van der Waals surface area (Å²) in [4.78, 5) is 19.1. The summed E-state index contributed by atoms with van der Waals surface area (Å²) < 4.78 is 11.2. The predicted octanol–water partition coefficient (Wildman–Crippen LogP) is 5.26. The van der Waals surface area contributed by atoms with E-state index in [9.17, 15) is 4.79 Å². The third-order valence-corrected chi connectivity index (χ3v) is 6.85. The number of carbonyl (C=O) groups is 1. The second kappa shape index (κ2) is 7.49. The number of aromatic nitrogens is 1. The first-order chi connectivity index (χ1) is 15.3. The predicted molar refractivity (Wildman–Crippen MR) is 119 cm³/mol. The van der Waals surface area contributed by atoms with E-state index in [4.69, 9.17) is 9.47 Å². The maximum atomic E-state index is 13.5. The molecule has 1 amide bonds. The van der Waals surface area contributed by atoms with Crippen molar-refractivity contribution in [1.29, 1.82) is 0 Å². The van der Waals surface area contributed by atoms with Gasteiger partial charge in [-0.2, -0.15) is 0 Å². The van der Waals surface area contributed by atoms with E-state index in [0.29, 0.717) is 6.54 Å². The molecule has 1 atom stereocenters. The Morgan fingerprint density at radius 2 is 1.84 bits per heavy atom. The third kappa shape index (κ3) is 3.19. The molecule has 3 aromatic rings. The van der Waals surface area contributed by atoms with Crippen LogP contribution in [0.4, 0.5) is 0 Å². The summed E-state index contributed by atoms with van der Waals surface area (Å²) in [5, 5.41) is 1.25. The molecule has 0 saturated heterocycles. The minimum absolute atomic E-state index is 0.115. The molecule has 3 heterocycles. The van der Waals surface area contributed by atoms with Gasteiger partial charge in [-0.3, -0.25) is 4.79 Å². The highest BCUT2D eigenvalue weighted by Gasteiger charge is 2.34. The number of amides is 1. The highest BCUT2D eigenvalue weighted by atomic mass is 16.7. The van der Waals surface area contributed by atoms with E-state index in [2.05, 4.69) is 35.3 Å². The molecule has 1 saturated carbocycles. The summed E-state index contributed by atoms with van der Waals surface area (Å²) in [6.07, 6.45) is 8.52. The van der Waals surface area contributed by atoms with E-state index in [0.717, 1.165) is 47.5 Å². The molecule has 1 fully saturated rings. The molecule has 0 bridgehead atoms. The number of hydrogen-bond donors (Lipinski definition) is 1. The van der Waals surface area contributed by atoms with E-state index in [1.807, 2.05) is 23.1 Å². The molecule has 6 rings (SSSR count). The zero-order chi connectivity index (χ0) is 20.8. The highest BCUT2D eigenvalue weighted by molar-refractivity contribution is 5.91. The first-order valence-corrected chi connectivity index (χ1v) is 11.3. The number of nitrogens with one attached hydrogen (secondary N) is 1. The standard InChI is InChI=1S/C26H26N2O3/c29-24(14-17-6-2-1-3-7-17)28-13-12-20-19-8-4-5-9-21(19)27-25(20)26(28)18-10-11-22-23(15-18)31-16-30-22/h4-5,8-11,14-15,26-27H,1-3,6-7,12-13,16H2/t26-/m1/s1. The number of allylic oxidation sites excluding steroid dienone is 1. The number of benzene rings is 2. The lowest BCUT2D eigenvalue weighted by atomic mass is 9.91. The van der Waals surface area contributed by atoms with Crippen molar-refractivity contribution in [2.24, 2.45) is 0 Å². The molecule has 1 aromatic heterocycles. The Labute approximate surface area is 181 Å². The lowest BCUT2D eigenvalue weighted by Crippen LogP contribution is -2.40. The summed E-state index contributed by atoms with van der Waals surface area (Å²) >= 11 is 0. The number of nitrogens with zero attached hydrogens (tertiary/aromatic N) is 1. The zero-order valence-electron chi connectivity index (χ0n) is 17.5. The van der Waals surface area contributed by atoms with Crippen molar-refractivity contribution >= 4 is 16.8 Å². The molecule has 2 aliphatic heterocycles. The van der Waals surface area contributed by atoms with Gasteiger partial charge in [0, 0.05) is 29.2 Å². The zero-order valence-corrected chi connectivity index (χ0v) is 17.5. The van der Waals surface area contributed by atoms with E-state index in [1.54, 1.807) is 0 Å². The summed E-state index contributed by atoms with van der Waals surface area (Å²) in [6, 6.07) is 14.3. The Balaban J connectivity index is 1.45. The molecule has 1 aliphatic carbocycles. The number of hydrogen-bond acceptors (Lipinski definition) is 3. The van der Waals surface area contributed by atoms with E-state index in [1.165, 1.54) is 35.8 Å². The van der Waals surface area contributed by atoms with Gasteiger partial charge in [0.1, 0.15) is 0 Å². The average Bonchev–Trinajstić information content (AvgIpc) is 3.43. The van der Waals surface area contributed by atoms with Crippen LogP contribution in [0.1, 0.15) is 55.0 Å². The quantitative estimate of drug-likeness (QED) is 0.582. The number of carbonyl (C=O) groups excluding carboxylic acids is 1. The first-order valence-electron chi connectivity index (χ1n) is 11.3. The van der Waals surface area contributed by atoms with Crippen molar-refractivity contribution in [3.63, 3.8) is 0 Å². The number of ether oxygens (including phenoxy) is 2. The lowest BCUT2D eigenvalue weighted by Gasteiger charge is -2.36. The molecule has 1 N–H and O–H groups in total. The van der Waals surface area contributed by atoms with E-state index >= 15 is 0 Å². The van der Waals surface area contributed by atoms with Crippen LogP contribution in [0, 0.1) is 0 Å². The highest BCUT2D eigenvalue weighted by Crippen LogP contribution is 2.42. The van der Waals surface area contributed by atoms with Crippen molar-refractivity contribution < 1.29 is 14.3 Å². The Hall–Kier alpha value is -3.21. The van der Waals surface area contributed by atoms with Gasteiger partial charge in [-0.15, -0.1) is 0 Å².